The number of Topliss-reactive ketones (excluding diaryl/α,β-unsaturated/α-hetero) is 1. The number of ketones is 1. The summed E-state index contributed by atoms with van der Waals surface area (Å²) in [5, 5.41) is 0. The largest absolute Gasteiger partial charge is 0.328 e. The van der Waals surface area contributed by atoms with E-state index in [1.54, 1.807) is 0 Å². The molecule has 0 saturated heterocycles. The van der Waals surface area contributed by atoms with E-state index in [0.29, 0.717) is 12.0 Å². The van der Waals surface area contributed by atoms with Gasteiger partial charge in [0.05, 0.1) is 6.20 Å². The van der Waals surface area contributed by atoms with Crippen LogP contribution in [0.1, 0.15) is 36.5 Å². The van der Waals surface area contributed by atoms with Crippen LogP contribution in [-0.2, 0) is 0 Å². The maximum Gasteiger partial charge on any atom is 0.164 e. The zero-order valence-electron chi connectivity index (χ0n) is 8.74. The average molecular weight is 210 g/mol. The lowest BCUT2D eigenvalue weighted by atomic mass is 10.1. The van der Waals surface area contributed by atoms with Crippen LogP contribution in [0.5, 0.6) is 0 Å². The van der Waals surface area contributed by atoms with Gasteiger partial charge in [0.25, 0.3) is 0 Å². The number of aromatic nitrogens is 1. The van der Waals surface area contributed by atoms with Crippen molar-refractivity contribution in [3.8, 4) is 0 Å². The van der Waals surface area contributed by atoms with E-state index in [4.69, 9.17) is 5.73 Å². The van der Waals surface area contributed by atoms with Gasteiger partial charge in [0, 0.05) is 24.2 Å². The van der Waals surface area contributed by atoms with E-state index < -0.39 is 5.82 Å². The average Bonchev–Trinajstić information content (AvgIpc) is 2.17. The van der Waals surface area contributed by atoms with Gasteiger partial charge in [-0.2, -0.15) is 0 Å². The van der Waals surface area contributed by atoms with Gasteiger partial charge in [-0.25, -0.2) is 4.39 Å². The van der Waals surface area contributed by atoms with Gasteiger partial charge in [-0.3, -0.25) is 9.78 Å². The molecule has 4 heteroatoms. The van der Waals surface area contributed by atoms with Crippen LogP contribution in [0, 0.1) is 5.82 Å². The zero-order valence-corrected chi connectivity index (χ0v) is 8.74. The Kier molecular flexibility index (Phi) is 4.37. The maximum absolute atomic E-state index is 12.7. The molecule has 1 atom stereocenters. The third-order valence-electron chi connectivity index (χ3n) is 2.09. The van der Waals surface area contributed by atoms with Crippen LogP contribution >= 0.6 is 0 Å². The second-order valence-corrected chi connectivity index (χ2v) is 3.68. The van der Waals surface area contributed by atoms with E-state index in [-0.39, 0.29) is 11.8 Å². The molecular formula is C11H15FN2O. The number of carbonyl (C=O) groups is 1. The van der Waals surface area contributed by atoms with E-state index in [1.807, 2.05) is 6.92 Å². The monoisotopic (exact) mass is 210 g/mol. The summed E-state index contributed by atoms with van der Waals surface area (Å²) in [5.41, 5.74) is 5.89. The van der Waals surface area contributed by atoms with Crippen LogP contribution in [0.4, 0.5) is 4.39 Å². The molecule has 0 aliphatic rings. The van der Waals surface area contributed by atoms with Crippen molar-refractivity contribution in [2.45, 2.75) is 32.2 Å². The standard InChI is InChI=1S/C11H15FN2O/c1-8(13)3-2-4-11(15)9-5-10(12)7-14-6-9/h5-8H,2-4,13H2,1H3. The normalized spacial score (nSPS) is 12.5. The second-order valence-electron chi connectivity index (χ2n) is 3.68. The molecule has 82 valence electrons. The third kappa shape index (κ3) is 4.16. The van der Waals surface area contributed by atoms with E-state index in [1.165, 1.54) is 12.3 Å². The molecule has 0 aliphatic carbocycles. The molecule has 0 fully saturated rings. The van der Waals surface area contributed by atoms with Gasteiger partial charge in [-0.1, -0.05) is 0 Å². The predicted molar refractivity (Wildman–Crippen MR) is 56.0 cm³/mol. The Morgan fingerprint density at radius 1 is 1.60 bits per heavy atom. The molecule has 1 heterocycles. The van der Waals surface area contributed by atoms with Gasteiger partial charge in [0.2, 0.25) is 0 Å². The van der Waals surface area contributed by atoms with E-state index >= 15 is 0 Å². The van der Waals surface area contributed by atoms with Gasteiger partial charge in [0.15, 0.2) is 5.78 Å². The molecule has 1 unspecified atom stereocenters. The lowest BCUT2D eigenvalue weighted by Gasteiger charge is -2.03. The quantitative estimate of drug-likeness (QED) is 0.755. The molecule has 3 nitrogen and oxygen atoms in total. The Balaban J connectivity index is 2.47. The lowest BCUT2D eigenvalue weighted by Crippen LogP contribution is -2.14. The van der Waals surface area contributed by atoms with Crippen molar-refractivity contribution in [2.75, 3.05) is 0 Å². The number of rotatable bonds is 5. The van der Waals surface area contributed by atoms with Crippen molar-refractivity contribution < 1.29 is 9.18 Å². The highest BCUT2D eigenvalue weighted by Gasteiger charge is 2.07. The minimum absolute atomic E-state index is 0.0809. The summed E-state index contributed by atoms with van der Waals surface area (Å²) in [7, 11) is 0. The third-order valence-corrected chi connectivity index (χ3v) is 2.09. The fourth-order valence-electron chi connectivity index (χ4n) is 1.29. The summed E-state index contributed by atoms with van der Waals surface area (Å²) in [6.07, 6.45) is 4.39. The van der Waals surface area contributed by atoms with Gasteiger partial charge < -0.3 is 5.73 Å². The first-order valence-corrected chi connectivity index (χ1v) is 4.99. The molecule has 1 aromatic rings. The Bertz CT molecular complexity index is 339. The lowest BCUT2D eigenvalue weighted by molar-refractivity contribution is 0.0978. The summed E-state index contributed by atoms with van der Waals surface area (Å²) < 4.78 is 12.7. The summed E-state index contributed by atoms with van der Waals surface area (Å²) in [5.74, 6) is -0.560. The van der Waals surface area contributed by atoms with Gasteiger partial charge >= 0.3 is 0 Å². The van der Waals surface area contributed by atoms with Crippen molar-refractivity contribution >= 4 is 5.78 Å². The molecule has 1 rings (SSSR count). The smallest absolute Gasteiger partial charge is 0.164 e. The van der Waals surface area contributed by atoms with Gasteiger partial charge in [-0.15, -0.1) is 0 Å². The van der Waals surface area contributed by atoms with E-state index in [0.717, 1.165) is 19.0 Å². The number of hydrogen-bond donors (Lipinski definition) is 1. The number of nitrogens with two attached hydrogens (primary N) is 1. The first kappa shape index (κ1) is 11.8. The molecule has 1 aromatic heterocycles. The molecule has 15 heavy (non-hydrogen) atoms. The van der Waals surface area contributed by atoms with Crippen LogP contribution < -0.4 is 5.73 Å². The number of nitrogens with zero attached hydrogens (tertiary/aromatic N) is 1. The number of pyridine rings is 1. The highest BCUT2D eigenvalue weighted by molar-refractivity contribution is 5.95. The highest BCUT2D eigenvalue weighted by atomic mass is 19.1. The fourth-order valence-corrected chi connectivity index (χ4v) is 1.29. The Hall–Kier alpha value is -1.29. The molecule has 0 aliphatic heterocycles. The van der Waals surface area contributed by atoms with Crippen molar-refractivity contribution in [2.24, 2.45) is 5.73 Å². The molecular weight excluding hydrogens is 195 g/mol. The maximum atomic E-state index is 12.7. The Morgan fingerprint density at radius 3 is 2.93 bits per heavy atom. The van der Waals surface area contributed by atoms with Gasteiger partial charge in [0.1, 0.15) is 5.82 Å². The minimum atomic E-state index is -0.479. The molecule has 0 aromatic carbocycles. The molecule has 0 radical (unpaired) electrons. The predicted octanol–water partition coefficient (Wildman–Crippen LogP) is 1.92. The number of carbonyl (C=O) groups excluding carboxylic acids is 1. The molecule has 0 spiro atoms. The topological polar surface area (TPSA) is 56.0 Å². The van der Waals surface area contributed by atoms with E-state index in [2.05, 4.69) is 4.98 Å². The second kappa shape index (κ2) is 5.56. The first-order valence-electron chi connectivity index (χ1n) is 4.99. The summed E-state index contributed by atoms with van der Waals surface area (Å²) >= 11 is 0. The Labute approximate surface area is 88.5 Å². The fraction of sp³-hybridized carbons (Fsp3) is 0.455. The molecule has 2 N–H and O–H groups in total. The van der Waals surface area contributed by atoms with Gasteiger partial charge in [-0.05, 0) is 25.8 Å². The molecule has 0 bridgehead atoms. The number of halogens is 1. The minimum Gasteiger partial charge on any atom is -0.328 e. The van der Waals surface area contributed by atoms with Crippen LogP contribution in [0.25, 0.3) is 0 Å². The number of hydrogen-bond acceptors (Lipinski definition) is 3. The SMILES string of the molecule is CC(N)CCCC(=O)c1cncc(F)c1. The van der Waals surface area contributed by atoms with Crippen molar-refractivity contribution in [3.05, 3.63) is 29.8 Å². The highest BCUT2D eigenvalue weighted by Crippen LogP contribution is 2.08. The van der Waals surface area contributed by atoms with Crippen molar-refractivity contribution in [1.82, 2.24) is 4.98 Å². The van der Waals surface area contributed by atoms with Crippen LogP contribution in [0.2, 0.25) is 0 Å². The van der Waals surface area contributed by atoms with Crippen LogP contribution in [0.3, 0.4) is 0 Å². The summed E-state index contributed by atoms with van der Waals surface area (Å²) in [6.45, 7) is 1.90. The zero-order chi connectivity index (χ0) is 11.3. The van der Waals surface area contributed by atoms with E-state index in [9.17, 15) is 9.18 Å². The molecule has 0 amide bonds. The van der Waals surface area contributed by atoms with Crippen LogP contribution in [0.15, 0.2) is 18.5 Å². The summed E-state index contributed by atoms with van der Waals surface area (Å²) in [4.78, 5) is 15.2. The first-order chi connectivity index (χ1) is 7.09. The molecule has 0 saturated carbocycles. The van der Waals surface area contributed by atoms with Crippen molar-refractivity contribution in [1.29, 1.82) is 0 Å². The Morgan fingerprint density at radius 2 is 2.33 bits per heavy atom. The van der Waals surface area contributed by atoms with Crippen molar-refractivity contribution in [3.63, 3.8) is 0 Å². The van der Waals surface area contributed by atoms with Crippen LogP contribution in [-0.4, -0.2) is 16.8 Å². The summed E-state index contributed by atoms with van der Waals surface area (Å²) in [6, 6.07) is 1.31.